The Kier molecular flexibility index (Phi) is 3.14. The zero-order valence-electron chi connectivity index (χ0n) is 8.79. The summed E-state index contributed by atoms with van der Waals surface area (Å²) in [6.07, 6.45) is 0.522. The third-order valence-electron chi connectivity index (χ3n) is 1.94. The SMILES string of the molecule is Cc1cc(C(O)CC(C)(C)C)cs1. The molecule has 74 valence electrons. The highest BCUT2D eigenvalue weighted by atomic mass is 32.1. The van der Waals surface area contributed by atoms with Gasteiger partial charge in [0.05, 0.1) is 6.10 Å². The molecule has 0 bridgehead atoms. The number of rotatable bonds is 2. The summed E-state index contributed by atoms with van der Waals surface area (Å²) < 4.78 is 0. The summed E-state index contributed by atoms with van der Waals surface area (Å²) in [6.45, 7) is 8.51. The maximum absolute atomic E-state index is 9.88. The van der Waals surface area contributed by atoms with Crippen molar-refractivity contribution in [3.63, 3.8) is 0 Å². The smallest absolute Gasteiger partial charge is 0.0803 e. The monoisotopic (exact) mass is 198 g/mol. The summed E-state index contributed by atoms with van der Waals surface area (Å²) in [7, 11) is 0. The van der Waals surface area contributed by atoms with Gasteiger partial charge in [0.25, 0.3) is 0 Å². The second-order valence-corrected chi connectivity index (χ2v) is 5.89. The van der Waals surface area contributed by atoms with Crippen molar-refractivity contribution in [3.05, 3.63) is 21.9 Å². The number of aliphatic hydroxyl groups is 1. The molecule has 1 N–H and O–H groups in total. The molecule has 0 aliphatic rings. The first-order valence-electron chi connectivity index (χ1n) is 4.61. The molecule has 1 nitrogen and oxygen atoms in total. The van der Waals surface area contributed by atoms with E-state index >= 15 is 0 Å². The lowest BCUT2D eigenvalue weighted by atomic mass is 9.87. The van der Waals surface area contributed by atoms with Crippen molar-refractivity contribution in [2.24, 2.45) is 5.41 Å². The molecule has 0 saturated heterocycles. The van der Waals surface area contributed by atoms with Crippen molar-refractivity contribution in [2.45, 2.75) is 40.2 Å². The molecule has 0 amide bonds. The summed E-state index contributed by atoms with van der Waals surface area (Å²) in [5, 5.41) is 11.9. The van der Waals surface area contributed by atoms with Crippen LogP contribution in [0.25, 0.3) is 0 Å². The highest BCUT2D eigenvalue weighted by Crippen LogP contribution is 2.31. The second-order valence-electron chi connectivity index (χ2n) is 4.77. The molecule has 0 fully saturated rings. The van der Waals surface area contributed by atoms with E-state index < -0.39 is 0 Å². The van der Waals surface area contributed by atoms with Gasteiger partial charge in [0, 0.05) is 4.88 Å². The first-order chi connectivity index (χ1) is 5.88. The number of aliphatic hydroxyl groups excluding tert-OH is 1. The van der Waals surface area contributed by atoms with E-state index in [1.54, 1.807) is 11.3 Å². The molecular weight excluding hydrogens is 180 g/mol. The average Bonchev–Trinajstić information content (AvgIpc) is 2.31. The normalized spacial score (nSPS) is 14.5. The molecule has 1 aromatic rings. The number of hydrogen-bond donors (Lipinski definition) is 1. The van der Waals surface area contributed by atoms with Crippen molar-refractivity contribution in [1.29, 1.82) is 0 Å². The van der Waals surface area contributed by atoms with Crippen LogP contribution in [0.1, 0.15) is 43.7 Å². The summed E-state index contributed by atoms with van der Waals surface area (Å²) in [6, 6.07) is 2.07. The van der Waals surface area contributed by atoms with E-state index in [4.69, 9.17) is 0 Å². The van der Waals surface area contributed by atoms with Gasteiger partial charge in [-0.1, -0.05) is 20.8 Å². The van der Waals surface area contributed by atoms with Crippen LogP contribution in [0, 0.1) is 12.3 Å². The predicted molar refractivity (Wildman–Crippen MR) is 58.1 cm³/mol. The fourth-order valence-electron chi connectivity index (χ4n) is 1.34. The lowest BCUT2D eigenvalue weighted by molar-refractivity contribution is 0.122. The van der Waals surface area contributed by atoms with Crippen LogP contribution >= 0.6 is 11.3 Å². The number of thiophene rings is 1. The third-order valence-corrected chi connectivity index (χ3v) is 2.82. The van der Waals surface area contributed by atoms with E-state index in [0.29, 0.717) is 0 Å². The minimum absolute atomic E-state index is 0.190. The molecule has 1 heterocycles. The summed E-state index contributed by atoms with van der Waals surface area (Å²) in [5.41, 5.74) is 1.26. The van der Waals surface area contributed by atoms with E-state index in [9.17, 15) is 5.11 Å². The molecule has 0 saturated carbocycles. The van der Waals surface area contributed by atoms with Crippen LogP contribution < -0.4 is 0 Å². The molecule has 0 spiro atoms. The quantitative estimate of drug-likeness (QED) is 0.771. The maximum atomic E-state index is 9.88. The molecule has 1 aromatic heterocycles. The molecule has 1 rings (SSSR count). The minimum atomic E-state index is -0.301. The highest BCUT2D eigenvalue weighted by molar-refractivity contribution is 7.10. The molecule has 0 radical (unpaired) electrons. The van der Waals surface area contributed by atoms with Crippen LogP contribution in [0.3, 0.4) is 0 Å². The molecule has 1 atom stereocenters. The molecule has 0 aliphatic heterocycles. The molecule has 0 aromatic carbocycles. The first-order valence-corrected chi connectivity index (χ1v) is 5.49. The van der Waals surface area contributed by atoms with Gasteiger partial charge in [-0.2, -0.15) is 0 Å². The van der Waals surface area contributed by atoms with Crippen molar-refractivity contribution >= 4 is 11.3 Å². The van der Waals surface area contributed by atoms with Gasteiger partial charge in [-0.15, -0.1) is 11.3 Å². The van der Waals surface area contributed by atoms with E-state index in [2.05, 4.69) is 33.8 Å². The van der Waals surface area contributed by atoms with Gasteiger partial charge in [-0.25, -0.2) is 0 Å². The summed E-state index contributed by atoms with van der Waals surface area (Å²) in [5.74, 6) is 0. The molecule has 2 heteroatoms. The van der Waals surface area contributed by atoms with Crippen LogP contribution in [0.15, 0.2) is 11.4 Å². The lowest BCUT2D eigenvalue weighted by Crippen LogP contribution is -2.10. The van der Waals surface area contributed by atoms with Gasteiger partial charge >= 0.3 is 0 Å². The van der Waals surface area contributed by atoms with Crippen LogP contribution in [0.2, 0.25) is 0 Å². The lowest BCUT2D eigenvalue weighted by Gasteiger charge is -2.21. The predicted octanol–water partition coefficient (Wildman–Crippen LogP) is 3.53. The van der Waals surface area contributed by atoms with Crippen molar-refractivity contribution < 1.29 is 5.11 Å². The third kappa shape index (κ3) is 3.49. The molecule has 1 unspecified atom stereocenters. The van der Waals surface area contributed by atoms with Crippen LogP contribution in [0.4, 0.5) is 0 Å². The maximum Gasteiger partial charge on any atom is 0.0803 e. The van der Waals surface area contributed by atoms with Crippen LogP contribution in [-0.4, -0.2) is 5.11 Å². The number of hydrogen-bond acceptors (Lipinski definition) is 2. The highest BCUT2D eigenvalue weighted by Gasteiger charge is 2.18. The van der Waals surface area contributed by atoms with Crippen LogP contribution in [0.5, 0.6) is 0 Å². The Hall–Kier alpha value is -0.340. The van der Waals surface area contributed by atoms with Crippen molar-refractivity contribution in [3.8, 4) is 0 Å². The summed E-state index contributed by atoms with van der Waals surface area (Å²) in [4.78, 5) is 1.27. The van der Waals surface area contributed by atoms with Gasteiger partial charge in [0.1, 0.15) is 0 Å². The van der Waals surface area contributed by atoms with E-state index in [1.165, 1.54) is 4.88 Å². The fraction of sp³-hybridized carbons (Fsp3) is 0.636. The molecule has 13 heavy (non-hydrogen) atoms. The largest absolute Gasteiger partial charge is 0.388 e. The Morgan fingerprint density at radius 3 is 2.46 bits per heavy atom. The van der Waals surface area contributed by atoms with E-state index in [0.717, 1.165) is 12.0 Å². The van der Waals surface area contributed by atoms with Crippen LogP contribution in [-0.2, 0) is 0 Å². The number of aryl methyl sites for hydroxylation is 1. The van der Waals surface area contributed by atoms with Gasteiger partial charge in [0.2, 0.25) is 0 Å². The zero-order valence-corrected chi connectivity index (χ0v) is 9.61. The van der Waals surface area contributed by atoms with E-state index in [1.807, 2.05) is 5.38 Å². The standard InChI is InChI=1S/C11H18OS/c1-8-5-9(7-13-8)10(12)6-11(2,3)4/h5,7,10,12H,6H2,1-4H3. The Bertz CT molecular complexity index is 270. The van der Waals surface area contributed by atoms with Gasteiger partial charge in [0.15, 0.2) is 0 Å². The fourth-order valence-corrected chi connectivity index (χ4v) is 2.09. The Labute approximate surface area is 84.4 Å². The molecular formula is C11H18OS. The molecule has 0 aliphatic carbocycles. The average molecular weight is 198 g/mol. The first kappa shape index (κ1) is 10.7. The van der Waals surface area contributed by atoms with Gasteiger partial charge in [-0.05, 0) is 35.8 Å². The van der Waals surface area contributed by atoms with Gasteiger partial charge < -0.3 is 5.11 Å². The Balaban J connectivity index is 2.64. The van der Waals surface area contributed by atoms with Crippen molar-refractivity contribution in [1.82, 2.24) is 0 Å². The topological polar surface area (TPSA) is 20.2 Å². The zero-order chi connectivity index (χ0) is 10.1. The van der Waals surface area contributed by atoms with E-state index in [-0.39, 0.29) is 11.5 Å². The minimum Gasteiger partial charge on any atom is -0.388 e. The van der Waals surface area contributed by atoms with Gasteiger partial charge in [-0.3, -0.25) is 0 Å². The Morgan fingerprint density at radius 2 is 2.08 bits per heavy atom. The Morgan fingerprint density at radius 1 is 1.46 bits per heavy atom. The second kappa shape index (κ2) is 3.81. The summed E-state index contributed by atoms with van der Waals surface area (Å²) >= 11 is 1.70. The van der Waals surface area contributed by atoms with Crippen molar-refractivity contribution in [2.75, 3.05) is 0 Å².